The average molecular weight is 561 g/mol. The van der Waals surface area contributed by atoms with Crippen LogP contribution in [0.3, 0.4) is 0 Å². The summed E-state index contributed by atoms with van der Waals surface area (Å²) in [4.78, 5) is 20.2. The number of H-pyrrole nitrogens is 3. The molecule has 7 nitrogen and oxygen atoms in total. The van der Waals surface area contributed by atoms with Crippen molar-refractivity contribution in [3.05, 3.63) is 119 Å². The number of hydrogen-bond donors (Lipinski definition) is 3. The molecular weight excluding hydrogens is 528 g/mol. The topological polar surface area (TPSA) is 76.0 Å². The zero-order valence-corrected chi connectivity index (χ0v) is 23.5. The summed E-state index contributed by atoms with van der Waals surface area (Å²) in [6, 6.07) is 33.7. The van der Waals surface area contributed by atoms with Gasteiger partial charge in [-0.25, -0.2) is 4.98 Å². The molecule has 0 radical (unpaired) electrons. The normalized spacial score (nSPS) is 14.3. The first-order chi connectivity index (χ1) is 20.2. The predicted molar refractivity (Wildman–Crippen MR) is 168 cm³/mol. The van der Waals surface area contributed by atoms with E-state index >= 15 is 0 Å². The second-order valence-corrected chi connectivity index (χ2v) is 10.9. The van der Waals surface area contributed by atoms with Gasteiger partial charge in [0.2, 0.25) is 0 Å². The van der Waals surface area contributed by atoms with E-state index in [-0.39, 0.29) is 5.92 Å². The number of para-hydroxylation sites is 2. The molecule has 0 unspecified atom stereocenters. The van der Waals surface area contributed by atoms with Crippen molar-refractivity contribution in [2.24, 2.45) is 0 Å². The van der Waals surface area contributed by atoms with Gasteiger partial charge in [0.25, 0.3) is 0 Å². The first-order valence-corrected chi connectivity index (χ1v) is 14.5. The monoisotopic (exact) mass is 560 g/mol. The van der Waals surface area contributed by atoms with Gasteiger partial charge in [0.1, 0.15) is 29.2 Å². The van der Waals surface area contributed by atoms with Crippen molar-refractivity contribution < 1.29 is 4.74 Å². The zero-order valence-electron chi connectivity index (χ0n) is 22.7. The Kier molecular flexibility index (Phi) is 7.00. The largest absolute Gasteiger partial charge is 0.490 e. The molecule has 1 saturated heterocycles. The Labute approximate surface area is 243 Å². The van der Waals surface area contributed by atoms with E-state index in [0.29, 0.717) is 11.4 Å². The van der Waals surface area contributed by atoms with Crippen LogP contribution in [0.4, 0.5) is 5.69 Å². The molecule has 0 atom stereocenters. The van der Waals surface area contributed by atoms with E-state index in [9.17, 15) is 0 Å². The van der Waals surface area contributed by atoms with Gasteiger partial charge >= 0.3 is 0 Å². The lowest BCUT2D eigenvalue weighted by molar-refractivity contribution is 0.201. The molecule has 0 spiro atoms. The summed E-state index contributed by atoms with van der Waals surface area (Å²) in [6.07, 6.45) is 0. The van der Waals surface area contributed by atoms with Crippen LogP contribution in [0.25, 0.3) is 22.1 Å². The minimum Gasteiger partial charge on any atom is -0.490 e. The number of anilines is 1. The third-order valence-electron chi connectivity index (χ3n) is 7.94. The van der Waals surface area contributed by atoms with Gasteiger partial charge in [-0.05, 0) is 47.6 Å². The first kappa shape index (κ1) is 25.6. The maximum Gasteiger partial charge on any atom is 0.175 e. The van der Waals surface area contributed by atoms with Crippen molar-refractivity contribution in [3.63, 3.8) is 0 Å². The number of ether oxygens (including phenoxy) is 1. The van der Waals surface area contributed by atoms with Crippen LogP contribution < -0.4 is 9.64 Å². The van der Waals surface area contributed by atoms with Gasteiger partial charge in [-0.1, -0.05) is 72.8 Å². The molecule has 7 rings (SSSR count). The Bertz CT molecular complexity index is 1780. The fourth-order valence-electron chi connectivity index (χ4n) is 5.88. The Balaban J connectivity index is 1.05. The number of fused-ring (bicyclic) bond motifs is 2. The average Bonchev–Trinajstić information content (AvgIpc) is 3.62. The maximum atomic E-state index is 6.14. The lowest BCUT2D eigenvalue weighted by atomic mass is 9.91. The van der Waals surface area contributed by atoms with Crippen LogP contribution in [0, 0.1) is 4.77 Å². The highest BCUT2D eigenvalue weighted by molar-refractivity contribution is 7.71. The number of rotatable bonds is 8. The number of imidazole rings is 2. The molecule has 6 aromatic rings. The van der Waals surface area contributed by atoms with Crippen molar-refractivity contribution in [1.82, 2.24) is 24.8 Å². The first-order valence-electron chi connectivity index (χ1n) is 14.1. The molecule has 8 heteroatoms. The highest BCUT2D eigenvalue weighted by atomic mass is 32.1. The van der Waals surface area contributed by atoms with Gasteiger partial charge in [0.05, 0.1) is 22.6 Å². The minimum absolute atomic E-state index is 0.0434. The third kappa shape index (κ3) is 5.24. The van der Waals surface area contributed by atoms with Crippen LogP contribution in [-0.2, 0) is 0 Å². The molecule has 0 saturated carbocycles. The molecule has 0 aliphatic carbocycles. The number of nitrogens with one attached hydrogen (secondary N) is 3. The summed E-state index contributed by atoms with van der Waals surface area (Å²) in [7, 11) is 0. The second kappa shape index (κ2) is 11.2. The van der Waals surface area contributed by atoms with Gasteiger partial charge < -0.3 is 24.6 Å². The molecule has 3 N–H and O–H groups in total. The number of aromatic nitrogens is 4. The molecule has 1 aliphatic heterocycles. The lowest BCUT2D eigenvalue weighted by Gasteiger charge is -2.36. The summed E-state index contributed by atoms with van der Waals surface area (Å²) in [5.41, 5.74) is 7.65. The van der Waals surface area contributed by atoms with Gasteiger partial charge in [0.15, 0.2) is 4.77 Å². The Hall–Kier alpha value is -4.40. The second-order valence-electron chi connectivity index (χ2n) is 10.5. The smallest absolute Gasteiger partial charge is 0.175 e. The van der Waals surface area contributed by atoms with Crippen LogP contribution in [-0.4, -0.2) is 64.2 Å². The van der Waals surface area contributed by atoms with Crippen molar-refractivity contribution in [2.45, 2.75) is 5.92 Å². The van der Waals surface area contributed by atoms with E-state index in [1.54, 1.807) is 0 Å². The molecule has 1 fully saturated rings. The molecule has 1 aliphatic rings. The highest BCUT2D eigenvalue weighted by Crippen LogP contribution is 2.34. The van der Waals surface area contributed by atoms with Crippen molar-refractivity contribution >= 4 is 40.0 Å². The lowest BCUT2D eigenvalue weighted by Crippen LogP contribution is -2.47. The summed E-state index contributed by atoms with van der Waals surface area (Å²) in [6.45, 7) is 5.35. The van der Waals surface area contributed by atoms with Crippen LogP contribution >= 0.6 is 12.2 Å². The summed E-state index contributed by atoms with van der Waals surface area (Å²) >= 11 is 5.24. The Morgan fingerprint density at radius 2 is 1.41 bits per heavy atom. The summed E-state index contributed by atoms with van der Waals surface area (Å²) in [5.74, 6) is 1.85. The van der Waals surface area contributed by atoms with E-state index in [2.05, 4.69) is 104 Å². The fraction of sp³-hybridized carbons (Fsp3) is 0.212. The number of aromatic amines is 3. The zero-order chi connectivity index (χ0) is 27.6. The van der Waals surface area contributed by atoms with E-state index in [1.807, 2.05) is 18.2 Å². The van der Waals surface area contributed by atoms with Gasteiger partial charge in [-0.15, -0.1) is 0 Å². The predicted octanol–water partition coefficient (Wildman–Crippen LogP) is 6.48. The van der Waals surface area contributed by atoms with Crippen molar-refractivity contribution in [1.29, 1.82) is 0 Å². The SMILES string of the molecule is S=c1[nH]c2cccc(OCCN3CCN(c4cccc5[nH]c(C(c6ccccc6)c6ccccc6)nc45)CC3)c2[nH]1. The minimum atomic E-state index is 0.0434. The highest BCUT2D eigenvalue weighted by Gasteiger charge is 2.24. The van der Waals surface area contributed by atoms with E-state index < -0.39 is 0 Å². The van der Waals surface area contributed by atoms with E-state index in [4.69, 9.17) is 21.9 Å². The molecule has 206 valence electrons. The molecule has 0 amide bonds. The number of hydrogen-bond acceptors (Lipinski definition) is 5. The third-order valence-corrected chi connectivity index (χ3v) is 8.14. The summed E-state index contributed by atoms with van der Waals surface area (Å²) in [5, 5.41) is 0. The van der Waals surface area contributed by atoms with Crippen molar-refractivity contribution in [3.8, 4) is 5.75 Å². The molecule has 2 aromatic heterocycles. The standard InChI is InChI=1S/C33H32N6OS/c41-33-35-26-14-8-16-28(31(26)37-33)40-22-21-38-17-19-39(20-18-38)27-15-7-13-25-30(27)36-32(34-25)29(23-9-3-1-4-10-23)24-11-5-2-6-12-24/h1-16,29H,17-22H2,(H,34,36)(H2,35,37,41). The van der Waals surface area contributed by atoms with E-state index in [0.717, 1.165) is 66.4 Å². The van der Waals surface area contributed by atoms with Crippen LogP contribution in [0.2, 0.25) is 0 Å². The van der Waals surface area contributed by atoms with Crippen LogP contribution in [0.5, 0.6) is 5.75 Å². The Morgan fingerprint density at radius 3 is 2.15 bits per heavy atom. The Morgan fingerprint density at radius 1 is 0.732 bits per heavy atom. The number of benzene rings is 4. The van der Waals surface area contributed by atoms with E-state index in [1.165, 1.54) is 16.8 Å². The molecule has 4 aromatic carbocycles. The van der Waals surface area contributed by atoms with Gasteiger partial charge in [-0.3, -0.25) is 4.90 Å². The van der Waals surface area contributed by atoms with Crippen LogP contribution in [0.15, 0.2) is 97.1 Å². The number of nitrogens with zero attached hydrogens (tertiary/aromatic N) is 3. The van der Waals surface area contributed by atoms with Crippen LogP contribution in [0.1, 0.15) is 22.9 Å². The maximum absolute atomic E-state index is 6.14. The van der Waals surface area contributed by atoms with Crippen molar-refractivity contribution in [2.75, 3.05) is 44.2 Å². The molecular formula is C33H32N6OS. The molecule has 0 bridgehead atoms. The van der Waals surface area contributed by atoms with Gasteiger partial charge in [0, 0.05) is 32.7 Å². The molecule has 41 heavy (non-hydrogen) atoms. The summed E-state index contributed by atoms with van der Waals surface area (Å²) < 4.78 is 6.75. The molecule has 3 heterocycles. The quantitative estimate of drug-likeness (QED) is 0.186. The van der Waals surface area contributed by atoms with Gasteiger partial charge in [-0.2, -0.15) is 0 Å². The number of piperazine rings is 1. The fourth-order valence-corrected chi connectivity index (χ4v) is 6.09.